The monoisotopic (exact) mass is 762 g/mol. The Morgan fingerprint density at radius 1 is 1.05 bits per heavy atom. The number of aryl methyl sites for hydroxylation is 1. The first-order valence-corrected chi connectivity index (χ1v) is 13.9. The summed E-state index contributed by atoms with van der Waals surface area (Å²) in [4.78, 5) is 14.9. The zero-order valence-corrected chi connectivity index (χ0v) is 27.8. The van der Waals surface area contributed by atoms with Crippen LogP contribution in [0.1, 0.15) is 64.8 Å². The molecule has 0 spiro atoms. The van der Waals surface area contributed by atoms with Crippen LogP contribution in [0.3, 0.4) is 0 Å². The van der Waals surface area contributed by atoms with Gasteiger partial charge in [0, 0.05) is 26.2 Å². The SMILES string of the molecule is Cc1ccc(C(=C2CCN(CCO)CC2)c2ccc(C(C)NC(=O)c3c[c-]ccc3)cc2)cc1.[CH-]1CCOC1.[U+2]. The molecule has 0 aromatic heterocycles. The Bertz CT molecular complexity index is 1190. The molecule has 2 fully saturated rings. The van der Waals surface area contributed by atoms with Crippen molar-refractivity contribution in [1.82, 2.24) is 10.2 Å². The van der Waals surface area contributed by atoms with Gasteiger partial charge in [-0.05, 0) is 49.0 Å². The number of nitrogens with one attached hydrogen (secondary N) is 1. The van der Waals surface area contributed by atoms with Crippen LogP contribution in [-0.2, 0) is 4.74 Å². The first-order chi connectivity index (χ1) is 19.0. The van der Waals surface area contributed by atoms with Gasteiger partial charge < -0.3 is 26.5 Å². The van der Waals surface area contributed by atoms with Crippen molar-refractivity contribution in [1.29, 1.82) is 0 Å². The van der Waals surface area contributed by atoms with Crippen LogP contribution < -0.4 is 5.32 Å². The molecule has 1 atom stereocenters. The van der Waals surface area contributed by atoms with Gasteiger partial charge in [0.25, 0.3) is 0 Å². The number of carbonyl (C=O) groups excluding carboxylic acids is 1. The minimum Gasteiger partial charge on any atom is -0.416 e. The van der Waals surface area contributed by atoms with E-state index in [1.54, 1.807) is 18.2 Å². The smallest absolute Gasteiger partial charge is 0.416 e. The molecule has 1 amide bonds. The van der Waals surface area contributed by atoms with Gasteiger partial charge in [-0.3, -0.25) is 4.79 Å². The molecule has 2 N–H and O–H groups in total. The molecule has 0 aliphatic carbocycles. The zero-order chi connectivity index (χ0) is 27.5. The van der Waals surface area contributed by atoms with Gasteiger partial charge in [0.15, 0.2) is 5.91 Å². The van der Waals surface area contributed by atoms with Gasteiger partial charge in [-0.25, -0.2) is 0 Å². The van der Waals surface area contributed by atoms with Crippen LogP contribution in [0.15, 0.2) is 78.4 Å². The molecule has 0 radical (unpaired) electrons. The number of nitrogens with zero attached hydrogens (tertiary/aromatic N) is 1. The van der Waals surface area contributed by atoms with E-state index in [1.165, 1.54) is 27.8 Å². The average Bonchev–Trinajstić information content (AvgIpc) is 3.57. The molecule has 6 heteroatoms. The molecule has 3 aromatic carbocycles. The van der Waals surface area contributed by atoms with Gasteiger partial charge in [-0.2, -0.15) is 36.8 Å². The van der Waals surface area contributed by atoms with Crippen molar-refractivity contribution in [2.45, 2.75) is 39.2 Å². The minimum absolute atomic E-state index is 0. The maximum Gasteiger partial charge on any atom is 2.00 e. The fourth-order valence-corrected chi connectivity index (χ4v) is 4.99. The molecular formula is C34H40N2O3U. The molecule has 2 aliphatic heterocycles. The number of hydrogen-bond donors (Lipinski definition) is 2. The average molecular weight is 763 g/mol. The number of aliphatic hydroxyl groups excluding tert-OH is 1. The second-order valence-corrected chi connectivity index (χ2v) is 10.2. The van der Waals surface area contributed by atoms with Gasteiger partial charge in [-0.1, -0.05) is 71.8 Å². The van der Waals surface area contributed by atoms with Crippen LogP contribution >= 0.6 is 0 Å². The third-order valence-electron chi connectivity index (χ3n) is 7.29. The number of benzene rings is 3. The van der Waals surface area contributed by atoms with Crippen LogP contribution in [-0.4, -0.2) is 55.4 Å². The Morgan fingerprint density at radius 3 is 2.25 bits per heavy atom. The third-order valence-corrected chi connectivity index (χ3v) is 7.29. The summed E-state index contributed by atoms with van der Waals surface area (Å²) < 4.78 is 4.89. The fraction of sp³-hybridized carbons (Fsp3) is 0.353. The van der Waals surface area contributed by atoms with E-state index in [1.807, 2.05) is 13.0 Å². The molecular weight excluding hydrogens is 722 g/mol. The summed E-state index contributed by atoms with van der Waals surface area (Å²) >= 11 is 0. The second-order valence-electron chi connectivity index (χ2n) is 10.2. The van der Waals surface area contributed by atoms with Crippen molar-refractivity contribution in [3.63, 3.8) is 0 Å². The van der Waals surface area contributed by atoms with Crippen LogP contribution in [0.25, 0.3) is 5.57 Å². The van der Waals surface area contributed by atoms with Crippen molar-refractivity contribution in [2.24, 2.45) is 0 Å². The van der Waals surface area contributed by atoms with Gasteiger partial charge in [0.2, 0.25) is 0 Å². The largest absolute Gasteiger partial charge is 2.00 e. The molecule has 2 heterocycles. The van der Waals surface area contributed by atoms with Crippen molar-refractivity contribution in [3.8, 4) is 0 Å². The molecule has 3 aromatic rings. The first kappa shape index (κ1) is 32.3. The molecule has 2 aliphatic rings. The first-order valence-electron chi connectivity index (χ1n) is 13.9. The van der Waals surface area contributed by atoms with Gasteiger partial charge in [-0.15, -0.1) is 0 Å². The molecule has 1 unspecified atom stereocenters. The number of amides is 1. The van der Waals surface area contributed by atoms with Crippen LogP contribution in [0.5, 0.6) is 0 Å². The number of aliphatic hydroxyl groups is 1. The van der Waals surface area contributed by atoms with Crippen LogP contribution in [0.2, 0.25) is 0 Å². The van der Waals surface area contributed by atoms with E-state index in [4.69, 9.17) is 4.74 Å². The van der Waals surface area contributed by atoms with Crippen molar-refractivity contribution in [3.05, 3.63) is 119 Å². The Morgan fingerprint density at radius 2 is 1.73 bits per heavy atom. The van der Waals surface area contributed by atoms with Crippen molar-refractivity contribution >= 4 is 11.5 Å². The number of ether oxygens (including phenoxy) is 1. The molecule has 0 bridgehead atoms. The van der Waals surface area contributed by atoms with E-state index < -0.39 is 0 Å². The van der Waals surface area contributed by atoms with E-state index in [0.29, 0.717) is 5.56 Å². The quantitative estimate of drug-likeness (QED) is 0.300. The number of piperidine rings is 1. The van der Waals surface area contributed by atoms with E-state index in [2.05, 4.69) is 78.2 Å². The number of likely N-dealkylation sites (tertiary alicyclic amines) is 1. The van der Waals surface area contributed by atoms with Gasteiger partial charge in [0.05, 0.1) is 12.6 Å². The van der Waals surface area contributed by atoms with Crippen molar-refractivity contribution in [2.75, 3.05) is 39.5 Å². The molecule has 0 saturated carbocycles. The normalized spacial score (nSPS) is 15.8. The third kappa shape index (κ3) is 9.43. The molecule has 2 saturated heterocycles. The fourth-order valence-electron chi connectivity index (χ4n) is 4.99. The predicted molar refractivity (Wildman–Crippen MR) is 157 cm³/mol. The summed E-state index contributed by atoms with van der Waals surface area (Å²) in [6.07, 6.45) is 5.30. The number of rotatable bonds is 7. The number of carbonyl (C=O) groups is 1. The summed E-state index contributed by atoms with van der Waals surface area (Å²) in [5.41, 5.74) is 8.16. The molecule has 5 rings (SSSR count). The van der Waals surface area contributed by atoms with Gasteiger partial charge in [0.1, 0.15) is 0 Å². The maximum absolute atomic E-state index is 12.5. The predicted octanol–water partition coefficient (Wildman–Crippen LogP) is 5.79. The maximum atomic E-state index is 12.5. The Hall–Kier alpha value is -2.20. The summed E-state index contributed by atoms with van der Waals surface area (Å²) in [7, 11) is 0. The Labute approximate surface area is 263 Å². The molecule has 5 nitrogen and oxygen atoms in total. The summed E-state index contributed by atoms with van der Waals surface area (Å²) in [5.74, 6) is -0.0921. The van der Waals surface area contributed by atoms with E-state index in [0.717, 1.165) is 57.7 Å². The van der Waals surface area contributed by atoms with Crippen LogP contribution in [0, 0.1) is 50.5 Å². The Balaban J connectivity index is 0.000000662. The second kappa shape index (κ2) is 16.9. The van der Waals surface area contributed by atoms with E-state index in [9.17, 15) is 9.90 Å². The summed E-state index contributed by atoms with van der Waals surface area (Å²) in [5, 5.41) is 12.4. The zero-order valence-electron chi connectivity index (χ0n) is 23.7. The van der Waals surface area contributed by atoms with Crippen molar-refractivity contribution < 1.29 is 45.8 Å². The number of β-amino-alcohol motifs (C(OH)–C–C–N with tert-alkyl or cyclic N) is 1. The minimum atomic E-state index is -0.0982. The number of hydrogen-bond acceptors (Lipinski definition) is 4. The summed E-state index contributed by atoms with van der Waals surface area (Å²) in [6, 6.07) is 27.3. The summed E-state index contributed by atoms with van der Waals surface area (Å²) in [6.45, 7) is 8.85. The standard InChI is InChI=1S/C30H33N2O2.C4H7O.U/c1-22-8-10-25(11-9-22)29(27-16-18-32(19-17-27)20-21-33)26-14-12-24(13-15-26)23(2)31-30(34)28-6-4-3-5-7-28;1-2-4-5-3-1;/h3-4,6-15,23,33H,16-21H2,1-2H3,(H,31,34);1H,2-4H2;/q2*-1;+2. The molecule has 208 valence electrons. The molecule has 40 heavy (non-hydrogen) atoms. The van der Waals surface area contributed by atoms with Crippen LogP contribution in [0.4, 0.5) is 0 Å². The Kier molecular flexibility index (Phi) is 13.7. The van der Waals surface area contributed by atoms with E-state index >= 15 is 0 Å². The topological polar surface area (TPSA) is 61.8 Å². The van der Waals surface area contributed by atoms with Gasteiger partial charge >= 0.3 is 31.1 Å². The van der Waals surface area contributed by atoms with E-state index in [-0.39, 0.29) is 49.7 Å².